The lowest BCUT2D eigenvalue weighted by Crippen LogP contribution is -2.47. The molecule has 4 nitrogen and oxygen atoms in total. The fraction of sp³-hybridized carbons (Fsp3) is 0.682. The molecule has 2 heterocycles. The second kappa shape index (κ2) is 10.4. The molecular formula is C22H33F2N3O. The van der Waals surface area contributed by atoms with Crippen molar-refractivity contribution < 1.29 is 13.6 Å². The van der Waals surface area contributed by atoms with E-state index in [1.54, 1.807) is 12.1 Å². The lowest BCUT2D eigenvalue weighted by molar-refractivity contribution is -0.122. The van der Waals surface area contributed by atoms with Gasteiger partial charge in [-0.1, -0.05) is 13.0 Å². The van der Waals surface area contributed by atoms with Gasteiger partial charge >= 0.3 is 0 Å². The van der Waals surface area contributed by atoms with Gasteiger partial charge in [0.1, 0.15) is 12.5 Å². The van der Waals surface area contributed by atoms with E-state index in [1.165, 1.54) is 6.07 Å². The fourth-order valence-corrected chi connectivity index (χ4v) is 4.30. The van der Waals surface area contributed by atoms with E-state index < -0.39 is 12.5 Å². The predicted molar refractivity (Wildman–Crippen MR) is 107 cm³/mol. The van der Waals surface area contributed by atoms with Crippen molar-refractivity contribution in [2.45, 2.75) is 51.9 Å². The van der Waals surface area contributed by atoms with Crippen LogP contribution in [0.4, 0.5) is 8.78 Å². The van der Waals surface area contributed by atoms with Gasteiger partial charge in [0.25, 0.3) is 0 Å². The number of benzene rings is 1. The summed E-state index contributed by atoms with van der Waals surface area (Å²) in [6, 6.07) is 4.96. The van der Waals surface area contributed by atoms with Crippen LogP contribution in [0.5, 0.6) is 0 Å². The van der Waals surface area contributed by atoms with Crippen molar-refractivity contribution in [2.75, 3.05) is 39.3 Å². The second-order valence-corrected chi connectivity index (χ2v) is 8.44. The molecule has 0 atom stereocenters. The number of halogens is 2. The molecule has 28 heavy (non-hydrogen) atoms. The van der Waals surface area contributed by atoms with Crippen molar-refractivity contribution in [3.63, 3.8) is 0 Å². The molecule has 0 amide bonds. The largest absolute Gasteiger partial charge is 0.317 e. The topological polar surface area (TPSA) is 35.6 Å². The van der Waals surface area contributed by atoms with Crippen LogP contribution in [0.3, 0.4) is 0 Å². The van der Waals surface area contributed by atoms with E-state index in [0.29, 0.717) is 25.7 Å². The van der Waals surface area contributed by atoms with Crippen LogP contribution in [-0.2, 0) is 18.0 Å². The highest BCUT2D eigenvalue weighted by atomic mass is 19.1. The summed E-state index contributed by atoms with van der Waals surface area (Å²) in [6.07, 6.45) is 4.30. The molecule has 2 aliphatic heterocycles. The maximum Gasteiger partial charge on any atom is 0.160 e. The van der Waals surface area contributed by atoms with Crippen molar-refractivity contribution in [1.82, 2.24) is 15.1 Å². The molecule has 0 saturated carbocycles. The Balaban J connectivity index is 1.64. The van der Waals surface area contributed by atoms with E-state index in [0.717, 1.165) is 63.3 Å². The Morgan fingerprint density at radius 1 is 1.21 bits per heavy atom. The van der Waals surface area contributed by atoms with Crippen molar-refractivity contribution >= 4 is 5.78 Å². The third-order valence-electron chi connectivity index (χ3n) is 6.12. The van der Waals surface area contributed by atoms with Crippen LogP contribution in [0.1, 0.15) is 43.7 Å². The Morgan fingerprint density at radius 2 is 1.93 bits per heavy atom. The molecule has 2 fully saturated rings. The second-order valence-electron chi connectivity index (χ2n) is 8.44. The molecule has 1 aromatic carbocycles. The number of likely N-dealkylation sites (tertiary alicyclic amines) is 1. The third kappa shape index (κ3) is 6.06. The van der Waals surface area contributed by atoms with E-state index in [2.05, 4.69) is 22.0 Å². The van der Waals surface area contributed by atoms with Gasteiger partial charge in [-0.2, -0.15) is 0 Å². The molecule has 6 heteroatoms. The van der Waals surface area contributed by atoms with E-state index in [1.807, 2.05) is 0 Å². The van der Waals surface area contributed by atoms with Gasteiger partial charge in [-0.3, -0.25) is 14.6 Å². The SMILES string of the molecule is CC1CCN(CC(=O)CN(Cc2ccc(F)c(CF)c2)C2CCNCC2)CC1. The number of hydrogen-bond donors (Lipinski definition) is 1. The average molecular weight is 394 g/mol. The smallest absolute Gasteiger partial charge is 0.160 e. The van der Waals surface area contributed by atoms with Gasteiger partial charge in [-0.15, -0.1) is 0 Å². The van der Waals surface area contributed by atoms with Gasteiger partial charge in [0.2, 0.25) is 0 Å². The minimum Gasteiger partial charge on any atom is -0.317 e. The quantitative estimate of drug-likeness (QED) is 0.736. The van der Waals surface area contributed by atoms with Crippen molar-refractivity contribution in [3.05, 3.63) is 35.1 Å². The first-order valence-corrected chi connectivity index (χ1v) is 10.6. The summed E-state index contributed by atoms with van der Waals surface area (Å²) in [7, 11) is 0. The summed E-state index contributed by atoms with van der Waals surface area (Å²) < 4.78 is 26.7. The molecule has 156 valence electrons. The van der Waals surface area contributed by atoms with Crippen LogP contribution in [0.25, 0.3) is 0 Å². The zero-order valence-corrected chi connectivity index (χ0v) is 16.9. The zero-order chi connectivity index (χ0) is 19.9. The van der Waals surface area contributed by atoms with Crippen LogP contribution >= 0.6 is 0 Å². The first-order valence-electron chi connectivity index (χ1n) is 10.6. The molecular weight excluding hydrogens is 360 g/mol. The molecule has 0 unspecified atom stereocenters. The van der Waals surface area contributed by atoms with Crippen molar-refractivity contribution in [3.8, 4) is 0 Å². The average Bonchev–Trinajstić information content (AvgIpc) is 2.71. The number of hydrogen-bond acceptors (Lipinski definition) is 4. The first-order chi connectivity index (χ1) is 13.5. The summed E-state index contributed by atoms with van der Waals surface area (Å²) in [5.41, 5.74) is 0.962. The predicted octanol–water partition coefficient (Wildman–Crippen LogP) is 3.15. The number of nitrogens with one attached hydrogen (secondary N) is 1. The number of piperidine rings is 2. The monoisotopic (exact) mass is 393 g/mol. The maximum atomic E-state index is 13.6. The van der Waals surface area contributed by atoms with Crippen LogP contribution < -0.4 is 5.32 Å². The molecule has 2 aliphatic rings. The molecule has 2 saturated heterocycles. The number of alkyl halides is 1. The number of nitrogens with zero attached hydrogens (tertiary/aromatic N) is 2. The van der Waals surface area contributed by atoms with Gasteiger partial charge in [0.15, 0.2) is 5.78 Å². The molecule has 1 aromatic rings. The first kappa shape index (κ1) is 21.3. The minimum atomic E-state index is -0.806. The lowest BCUT2D eigenvalue weighted by Gasteiger charge is -2.35. The van der Waals surface area contributed by atoms with Gasteiger partial charge in [-0.05, 0) is 75.5 Å². The van der Waals surface area contributed by atoms with Gasteiger partial charge < -0.3 is 5.32 Å². The molecule has 0 spiro atoms. The van der Waals surface area contributed by atoms with Crippen molar-refractivity contribution in [2.24, 2.45) is 5.92 Å². The highest BCUT2D eigenvalue weighted by molar-refractivity contribution is 5.82. The van der Waals surface area contributed by atoms with Gasteiger partial charge in [0, 0.05) is 18.2 Å². The summed E-state index contributed by atoms with van der Waals surface area (Å²) in [5.74, 6) is 0.483. The summed E-state index contributed by atoms with van der Waals surface area (Å²) in [6.45, 7) is 6.81. The molecule has 0 aromatic heterocycles. The van der Waals surface area contributed by atoms with Crippen LogP contribution in [0, 0.1) is 11.7 Å². The number of rotatable bonds is 8. The normalized spacial score (nSPS) is 20.0. The zero-order valence-electron chi connectivity index (χ0n) is 16.9. The highest BCUT2D eigenvalue weighted by Gasteiger charge is 2.25. The highest BCUT2D eigenvalue weighted by Crippen LogP contribution is 2.19. The van der Waals surface area contributed by atoms with E-state index in [9.17, 15) is 13.6 Å². The maximum absolute atomic E-state index is 13.6. The Hall–Kier alpha value is -1.37. The molecule has 0 radical (unpaired) electrons. The van der Waals surface area contributed by atoms with Gasteiger partial charge in [-0.25, -0.2) is 8.78 Å². The summed E-state index contributed by atoms with van der Waals surface area (Å²) in [4.78, 5) is 17.3. The van der Waals surface area contributed by atoms with Crippen LogP contribution in [0.15, 0.2) is 18.2 Å². The van der Waals surface area contributed by atoms with E-state index in [4.69, 9.17) is 0 Å². The number of carbonyl (C=O) groups excluding carboxylic acids is 1. The minimum absolute atomic E-state index is 0.0940. The number of Topliss-reactive ketones (excluding diaryl/α,β-unsaturated/α-hetero) is 1. The van der Waals surface area contributed by atoms with E-state index >= 15 is 0 Å². The summed E-state index contributed by atoms with van der Waals surface area (Å²) >= 11 is 0. The molecule has 0 aliphatic carbocycles. The van der Waals surface area contributed by atoms with Crippen LogP contribution in [-0.4, -0.2) is 60.9 Å². The van der Waals surface area contributed by atoms with Gasteiger partial charge in [0.05, 0.1) is 13.1 Å². The third-order valence-corrected chi connectivity index (χ3v) is 6.12. The Morgan fingerprint density at radius 3 is 2.61 bits per heavy atom. The van der Waals surface area contributed by atoms with E-state index in [-0.39, 0.29) is 11.3 Å². The lowest BCUT2D eigenvalue weighted by atomic mass is 9.99. The fourth-order valence-electron chi connectivity index (χ4n) is 4.30. The molecule has 0 bridgehead atoms. The Kier molecular flexibility index (Phi) is 7.94. The summed E-state index contributed by atoms with van der Waals surface area (Å²) in [5, 5.41) is 3.36. The number of ketones is 1. The number of carbonyl (C=O) groups is 1. The molecule has 3 rings (SSSR count). The van der Waals surface area contributed by atoms with Crippen molar-refractivity contribution in [1.29, 1.82) is 0 Å². The standard InChI is InChI=1S/C22H33F2N3O/c1-17-6-10-26(11-7-17)15-21(28)16-27(20-4-8-25-9-5-20)14-18-2-3-22(24)19(12-18)13-23/h2-3,12,17,20,25H,4-11,13-16H2,1H3. The van der Waals surface area contributed by atoms with Crippen LogP contribution in [0.2, 0.25) is 0 Å². The molecule has 1 N–H and O–H groups in total. The Bertz CT molecular complexity index is 641. The Labute approximate surface area is 167 Å².